The first-order chi connectivity index (χ1) is 27.6. The number of hydrogen-bond acceptors (Lipinski definition) is 1. The summed E-state index contributed by atoms with van der Waals surface area (Å²) in [5.41, 5.74) is 13.1. The molecule has 0 nitrogen and oxygen atoms in total. The van der Waals surface area contributed by atoms with E-state index >= 15 is 0 Å². The van der Waals surface area contributed by atoms with Crippen LogP contribution in [-0.2, 0) is 5.41 Å². The molecule has 0 amide bonds. The molecule has 0 atom stereocenters. The van der Waals surface area contributed by atoms with Gasteiger partial charge in [0, 0.05) is 25.6 Å². The first-order valence-corrected chi connectivity index (χ1v) is 20.4. The molecular formula is C55H36S. The lowest BCUT2D eigenvalue weighted by Crippen LogP contribution is -2.15. The standard InChI is InChI=1S/C55H36S/c1-55(2)48-32-35(25-26-40(48)46-30-31-49-52(53(46)55)47-27-24-33-14-6-7-17-37(33)54(47)56-49)36-28-29-45(39-19-9-8-18-38(36)39)51-43-22-12-10-20-41(43)50(34-15-4-3-5-16-34)42-21-11-13-23-44(42)51/h3-32H,1-2H3. The molecule has 0 radical (unpaired) electrons. The summed E-state index contributed by atoms with van der Waals surface area (Å²) in [6.45, 7) is 4.87. The Morgan fingerprint density at radius 2 is 0.929 bits per heavy atom. The van der Waals surface area contributed by atoms with Gasteiger partial charge in [-0.1, -0.05) is 184 Å². The zero-order valence-electron chi connectivity index (χ0n) is 31.2. The Hall–Kier alpha value is -6.54. The topological polar surface area (TPSA) is 0 Å². The van der Waals surface area contributed by atoms with Gasteiger partial charge in [-0.3, -0.25) is 0 Å². The lowest BCUT2D eigenvalue weighted by Gasteiger charge is -2.23. The Kier molecular flexibility index (Phi) is 6.66. The fourth-order valence-corrected chi connectivity index (χ4v) is 11.4. The molecule has 0 saturated carbocycles. The minimum absolute atomic E-state index is 0.159. The highest BCUT2D eigenvalue weighted by Gasteiger charge is 2.38. The van der Waals surface area contributed by atoms with Crippen LogP contribution < -0.4 is 0 Å². The summed E-state index contributed by atoms with van der Waals surface area (Å²) in [5, 5.41) is 13.1. The highest BCUT2D eigenvalue weighted by molar-refractivity contribution is 7.26. The second kappa shape index (κ2) is 11.7. The number of fused-ring (bicyclic) bond motifs is 12. The second-order valence-electron chi connectivity index (χ2n) is 15.9. The monoisotopic (exact) mass is 728 g/mol. The smallest absolute Gasteiger partial charge is 0.0433 e. The van der Waals surface area contributed by atoms with Gasteiger partial charge in [0.1, 0.15) is 0 Å². The minimum atomic E-state index is -0.159. The summed E-state index contributed by atoms with van der Waals surface area (Å²) in [6.07, 6.45) is 0. The molecule has 1 aliphatic rings. The van der Waals surface area contributed by atoms with Gasteiger partial charge < -0.3 is 0 Å². The molecule has 1 aliphatic carbocycles. The molecule has 1 aromatic heterocycles. The SMILES string of the molecule is CC1(C)c2cc(-c3ccc(-c4c5ccccc5c(-c5ccccc5)c5ccccc45)c4ccccc34)ccc2-c2ccc3sc4c5ccccc5ccc4c3c21. The molecule has 56 heavy (non-hydrogen) atoms. The van der Waals surface area contributed by atoms with E-state index in [1.165, 1.54) is 119 Å². The van der Waals surface area contributed by atoms with Gasteiger partial charge in [-0.15, -0.1) is 11.3 Å². The lowest BCUT2D eigenvalue weighted by molar-refractivity contribution is 0.667. The van der Waals surface area contributed by atoms with Crippen molar-refractivity contribution in [1.82, 2.24) is 0 Å². The third kappa shape index (κ3) is 4.35. The molecule has 0 fully saturated rings. The minimum Gasteiger partial charge on any atom is -0.135 e. The average molecular weight is 729 g/mol. The van der Waals surface area contributed by atoms with Crippen molar-refractivity contribution in [1.29, 1.82) is 0 Å². The van der Waals surface area contributed by atoms with Crippen LogP contribution in [0.25, 0.3) is 108 Å². The normalized spacial score (nSPS) is 13.3. The van der Waals surface area contributed by atoms with Gasteiger partial charge >= 0.3 is 0 Å². The molecule has 10 aromatic carbocycles. The third-order valence-corrected chi connectivity index (χ3v) is 13.8. The largest absolute Gasteiger partial charge is 0.135 e. The Labute approximate surface area is 329 Å². The number of benzene rings is 10. The van der Waals surface area contributed by atoms with Crippen LogP contribution in [0, 0.1) is 0 Å². The Morgan fingerprint density at radius 1 is 0.375 bits per heavy atom. The van der Waals surface area contributed by atoms with Gasteiger partial charge in [0.05, 0.1) is 0 Å². The molecule has 0 aliphatic heterocycles. The number of rotatable bonds is 3. The maximum atomic E-state index is 2.49. The van der Waals surface area contributed by atoms with Crippen LogP contribution >= 0.6 is 11.3 Å². The molecule has 1 heterocycles. The van der Waals surface area contributed by atoms with Crippen LogP contribution in [0.15, 0.2) is 182 Å². The maximum absolute atomic E-state index is 2.49. The summed E-state index contributed by atoms with van der Waals surface area (Å²) < 4.78 is 2.76. The van der Waals surface area contributed by atoms with Crippen molar-refractivity contribution >= 4 is 74.6 Å². The van der Waals surface area contributed by atoms with Crippen molar-refractivity contribution in [2.75, 3.05) is 0 Å². The van der Waals surface area contributed by atoms with Crippen LogP contribution in [-0.4, -0.2) is 0 Å². The van der Waals surface area contributed by atoms with Crippen LogP contribution in [0.3, 0.4) is 0 Å². The highest BCUT2D eigenvalue weighted by Crippen LogP contribution is 2.55. The van der Waals surface area contributed by atoms with Gasteiger partial charge in [0.2, 0.25) is 0 Å². The predicted molar refractivity (Wildman–Crippen MR) is 243 cm³/mol. The zero-order chi connectivity index (χ0) is 37.1. The molecule has 0 N–H and O–H groups in total. The van der Waals surface area contributed by atoms with Gasteiger partial charge in [-0.25, -0.2) is 0 Å². The van der Waals surface area contributed by atoms with Crippen LogP contribution in [0.5, 0.6) is 0 Å². The van der Waals surface area contributed by atoms with E-state index in [1.807, 2.05) is 11.3 Å². The first kappa shape index (κ1) is 31.8. The van der Waals surface area contributed by atoms with Crippen LogP contribution in [0.2, 0.25) is 0 Å². The van der Waals surface area contributed by atoms with Crippen molar-refractivity contribution in [3.63, 3.8) is 0 Å². The maximum Gasteiger partial charge on any atom is 0.0433 e. The van der Waals surface area contributed by atoms with Crippen molar-refractivity contribution in [2.24, 2.45) is 0 Å². The van der Waals surface area contributed by atoms with Gasteiger partial charge in [-0.05, 0) is 111 Å². The first-order valence-electron chi connectivity index (χ1n) is 19.6. The number of hydrogen-bond donors (Lipinski definition) is 0. The summed E-state index contributed by atoms with van der Waals surface area (Å²) in [4.78, 5) is 0. The van der Waals surface area contributed by atoms with Crippen molar-refractivity contribution < 1.29 is 0 Å². The molecule has 0 unspecified atom stereocenters. The molecular weight excluding hydrogens is 693 g/mol. The van der Waals surface area contributed by atoms with Crippen LogP contribution in [0.1, 0.15) is 25.0 Å². The Bertz CT molecular complexity index is 3380. The van der Waals surface area contributed by atoms with Gasteiger partial charge in [0.25, 0.3) is 0 Å². The van der Waals surface area contributed by atoms with E-state index in [-0.39, 0.29) is 5.41 Å². The number of thiophene rings is 1. The van der Waals surface area contributed by atoms with E-state index in [2.05, 4.69) is 196 Å². The molecule has 0 bridgehead atoms. The zero-order valence-corrected chi connectivity index (χ0v) is 32.0. The lowest BCUT2D eigenvalue weighted by atomic mass is 9.79. The van der Waals surface area contributed by atoms with Crippen molar-refractivity contribution in [2.45, 2.75) is 19.3 Å². The van der Waals surface area contributed by atoms with E-state index in [0.29, 0.717) is 0 Å². The Morgan fingerprint density at radius 3 is 1.64 bits per heavy atom. The average Bonchev–Trinajstić information content (AvgIpc) is 3.74. The quantitative estimate of drug-likeness (QED) is 0.159. The fraction of sp³-hybridized carbons (Fsp3) is 0.0545. The van der Waals surface area contributed by atoms with Crippen molar-refractivity contribution in [3.8, 4) is 44.5 Å². The summed E-state index contributed by atoms with van der Waals surface area (Å²) in [6, 6.07) is 68.0. The summed E-state index contributed by atoms with van der Waals surface area (Å²) in [5.74, 6) is 0. The predicted octanol–water partition coefficient (Wildman–Crippen LogP) is 16.0. The highest BCUT2D eigenvalue weighted by atomic mass is 32.1. The molecule has 262 valence electrons. The van der Waals surface area contributed by atoms with Gasteiger partial charge in [-0.2, -0.15) is 0 Å². The van der Waals surface area contributed by atoms with E-state index in [1.54, 1.807) is 0 Å². The summed E-state index contributed by atoms with van der Waals surface area (Å²) >= 11 is 1.94. The summed E-state index contributed by atoms with van der Waals surface area (Å²) in [7, 11) is 0. The molecule has 11 aromatic rings. The fourth-order valence-electron chi connectivity index (χ4n) is 10.2. The molecule has 12 rings (SSSR count). The molecule has 0 saturated heterocycles. The molecule has 1 heteroatoms. The second-order valence-corrected chi connectivity index (χ2v) is 17.0. The van der Waals surface area contributed by atoms with E-state index < -0.39 is 0 Å². The van der Waals surface area contributed by atoms with E-state index in [0.717, 1.165) is 0 Å². The van der Waals surface area contributed by atoms with E-state index in [9.17, 15) is 0 Å². The third-order valence-electron chi connectivity index (χ3n) is 12.6. The Balaban J connectivity index is 1.05. The van der Waals surface area contributed by atoms with Crippen LogP contribution in [0.4, 0.5) is 0 Å². The van der Waals surface area contributed by atoms with Gasteiger partial charge in [0.15, 0.2) is 0 Å². The molecule has 0 spiro atoms. The van der Waals surface area contributed by atoms with E-state index in [4.69, 9.17) is 0 Å². The van der Waals surface area contributed by atoms with Crippen molar-refractivity contribution in [3.05, 3.63) is 193 Å².